The van der Waals surface area contributed by atoms with E-state index in [1.54, 1.807) is 31.2 Å². The summed E-state index contributed by atoms with van der Waals surface area (Å²) in [5, 5.41) is 10.4. The molecule has 0 saturated heterocycles. The van der Waals surface area contributed by atoms with Gasteiger partial charge in [0.2, 0.25) is 0 Å². The van der Waals surface area contributed by atoms with E-state index in [0.717, 1.165) is 5.56 Å². The standard InChI is InChI=1S/C19H17Cl2N3O2S/c1-10-16(18(25)23-14-9-11(20)7-8-15(14)26-2)17(24-19(27)22-10)12-5-3-4-6-13(12)21/h3-9,17H,1-2H3,(H,23,25)(H2,22,24,27)/t17-/m1/s1. The van der Waals surface area contributed by atoms with E-state index in [1.165, 1.54) is 7.11 Å². The molecule has 5 nitrogen and oxygen atoms in total. The minimum atomic E-state index is -0.488. The number of halogens is 2. The first kappa shape index (κ1) is 19.5. The van der Waals surface area contributed by atoms with Crippen LogP contribution in [-0.4, -0.2) is 18.1 Å². The van der Waals surface area contributed by atoms with Gasteiger partial charge in [-0.25, -0.2) is 0 Å². The van der Waals surface area contributed by atoms with Gasteiger partial charge in [-0.05, 0) is 49.0 Å². The molecule has 2 aromatic rings. The number of rotatable bonds is 4. The third-order valence-corrected chi connectivity index (χ3v) is 4.94. The van der Waals surface area contributed by atoms with Gasteiger partial charge in [-0.2, -0.15) is 0 Å². The zero-order valence-electron chi connectivity index (χ0n) is 14.6. The van der Waals surface area contributed by atoms with Crippen molar-refractivity contribution >= 4 is 52.1 Å². The summed E-state index contributed by atoms with van der Waals surface area (Å²) >= 11 is 17.7. The first-order valence-electron chi connectivity index (χ1n) is 8.08. The number of anilines is 1. The van der Waals surface area contributed by atoms with Crippen LogP contribution in [0.4, 0.5) is 5.69 Å². The van der Waals surface area contributed by atoms with Gasteiger partial charge < -0.3 is 20.7 Å². The maximum atomic E-state index is 13.1. The van der Waals surface area contributed by atoms with E-state index >= 15 is 0 Å². The third kappa shape index (κ3) is 4.18. The molecule has 27 heavy (non-hydrogen) atoms. The lowest BCUT2D eigenvalue weighted by molar-refractivity contribution is -0.113. The second-order valence-corrected chi connectivity index (χ2v) is 7.14. The number of ether oxygens (including phenoxy) is 1. The van der Waals surface area contributed by atoms with Gasteiger partial charge in [0.1, 0.15) is 5.75 Å². The molecule has 3 N–H and O–H groups in total. The summed E-state index contributed by atoms with van der Waals surface area (Å²) in [6.45, 7) is 1.79. The molecule has 0 fully saturated rings. The minimum absolute atomic E-state index is 0.319. The first-order chi connectivity index (χ1) is 12.9. The first-order valence-corrected chi connectivity index (χ1v) is 9.24. The number of carbonyl (C=O) groups excluding carboxylic acids is 1. The molecular weight excluding hydrogens is 405 g/mol. The SMILES string of the molecule is COc1ccc(Cl)cc1NC(=O)C1=C(C)NC(=S)N[C@@H]1c1ccccc1Cl. The fourth-order valence-corrected chi connectivity index (χ4v) is 3.59. The average molecular weight is 422 g/mol. The molecule has 1 aliphatic rings. The summed E-state index contributed by atoms with van der Waals surface area (Å²) in [6.07, 6.45) is 0. The summed E-state index contributed by atoms with van der Waals surface area (Å²) in [4.78, 5) is 13.1. The molecule has 1 amide bonds. The van der Waals surface area contributed by atoms with Crippen molar-refractivity contribution in [3.8, 4) is 5.75 Å². The van der Waals surface area contributed by atoms with E-state index in [2.05, 4.69) is 16.0 Å². The van der Waals surface area contributed by atoms with Gasteiger partial charge in [-0.15, -0.1) is 0 Å². The van der Waals surface area contributed by atoms with Crippen LogP contribution in [0.15, 0.2) is 53.7 Å². The number of amides is 1. The summed E-state index contributed by atoms with van der Waals surface area (Å²) in [7, 11) is 1.53. The van der Waals surface area contributed by atoms with Crippen molar-refractivity contribution in [2.75, 3.05) is 12.4 Å². The van der Waals surface area contributed by atoms with Crippen LogP contribution >= 0.6 is 35.4 Å². The van der Waals surface area contributed by atoms with Gasteiger partial charge in [-0.1, -0.05) is 41.4 Å². The number of allylic oxidation sites excluding steroid dienone is 1. The smallest absolute Gasteiger partial charge is 0.255 e. The van der Waals surface area contributed by atoms with E-state index in [4.69, 9.17) is 40.2 Å². The largest absolute Gasteiger partial charge is 0.495 e. The quantitative estimate of drug-likeness (QED) is 0.637. The Balaban J connectivity index is 2.00. The number of benzene rings is 2. The van der Waals surface area contributed by atoms with E-state index in [1.807, 2.05) is 18.2 Å². The Hall–Kier alpha value is -2.28. The monoisotopic (exact) mass is 421 g/mol. The highest BCUT2D eigenvalue weighted by Gasteiger charge is 2.31. The lowest BCUT2D eigenvalue weighted by atomic mass is 9.95. The van der Waals surface area contributed by atoms with Crippen molar-refractivity contribution in [2.45, 2.75) is 13.0 Å². The minimum Gasteiger partial charge on any atom is -0.495 e. The zero-order chi connectivity index (χ0) is 19.6. The number of hydrogen-bond donors (Lipinski definition) is 3. The fraction of sp³-hybridized carbons (Fsp3) is 0.158. The van der Waals surface area contributed by atoms with Crippen molar-refractivity contribution in [1.82, 2.24) is 10.6 Å². The van der Waals surface area contributed by atoms with Crippen LogP contribution in [0.2, 0.25) is 10.0 Å². The van der Waals surface area contributed by atoms with Crippen LogP contribution in [0.25, 0.3) is 0 Å². The highest BCUT2D eigenvalue weighted by molar-refractivity contribution is 7.80. The molecule has 1 aliphatic heterocycles. The van der Waals surface area contributed by atoms with Crippen molar-refractivity contribution < 1.29 is 9.53 Å². The van der Waals surface area contributed by atoms with Gasteiger partial charge in [-0.3, -0.25) is 4.79 Å². The Morgan fingerprint density at radius 1 is 1.22 bits per heavy atom. The normalized spacial score (nSPS) is 16.4. The lowest BCUT2D eigenvalue weighted by Crippen LogP contribution is -2.45. The summed E-state index contributed by atoms with van der Waals surface area (Å²) in [6, 6.07) is 11.8. The molecule has 0 radical (unpaired) electrons. The maximum Gasteiger partial charge on any atom is 0.255 e. The van der Waals surface area contributed by atoms with Gasteiger partial charge in [0, 0.05) is 15.7 Å². The van der Waals surface area contributed by atoms with Crippen LogP contribution in [-0.2, 0) is 4.79 Å². The second-order valence-electron chi connectivity index (χ2n) is 5.89. The Morgan fingerprint density at radius 2 is 1.96 bits per heavy atom. The van der Waals surface area contributed by atoms with Gasteiger partial charge >= 0.3 is 0 Å². The van der Waals surface area contributed by atoms with Crippen molar-refractivity contribution in [2.24, 2.45) is 0 Å². The number of carbonyl (C=O) groups is 1. The van der Waals surface area contributed by atoms with Gasteiger partial charge in [0.25, 0.3) is 5.91 Å². The number of nitrogens with one attached hydrogen (secondary N) is 3. The predicted molar refractivity (Wildman–Crippen MR) is 112 cm³/mol. The molecule has 0 saturated carbocycles. The second kappa shape index (κ2) is 8.17. The molecule has 0 bridgehead atoms. The summed E-state index contributed by atoms with van der Waals surface area (Å²) in [5.41, 5.74) is 2.34. The molecular formula is C19H17Cl2N3O2S. The molecule has 0 aromatic heterocycles. The zero-order valence-corrected chi connectivity index (χ0v) is 16.9. The van der Waals surface area contributed by atoms with Crippen LogP contribution in [0, 0.1) is 0 Å². The molecule has 1 heterocycles. The third-order valence-electron chi connectivity index (χ3n) is 4.14. The van der Waals surface area contributed by atoms with Crippen LogP contribution in [0.5, 0.6) is 5.75 Å². The molecule has 140 valence electrons. The highest BCUT2D eigenvalue weighted by Crippen LogP contribution is 2.33. The van der Waals surface area contributed by atoms with E-state index in [9.17, 15) is 4.79 Å². The van der Waals surface area contributed by atoms with Crippen molar-refractivity contribution in [3.63, 3.8) is 0 Å². The number of thiocarbonyl (C=S) groups is 1. The van der Waals surface area contributed by atoms with Crippen LogP contribution < -0.4 is 20.7 Å². The van der Waals surface area contributed by atoms with E-state index in [0.29, 0.717) is 37.9 Å². The van der Waals surface area contributed by atoms with Gasteiger partial charge in [0.05, 0.1) is 24.4 Å². The summed E-state index contributed by atoms with van der Waals surface area (Å²) in [5.74, 6) is 0.188. The Kier molecular flexibility index (Phi) is 5.89. The topological polar surface area (TPSA) is 62.4 Å². The Morgan fingerprint density at radius 3 is 2.67 bits per heavy atom. The van der Waals surface area contributed by atoms with Crippen molar-refractivity contribution in [3.05, 3.63) is 69.3 Å². The fourth-order valence-electron chi connectivity index (χ4n) is 2.90. The molecule has 0 spiro atoms. The highest BCUT2D eigenvalue weighted by atomic mass is 35.5. The lowest BCUT2D eigenvalue weighted by Gasteiger charge is -2.31. The van der Waals surface area contributed by atoms with Crippen LogP contribution in [0.1, 0.15) is 18.5 Å². The molecule has 8 heteroatoms. The number of methoxy groups -OCH3 is 1. The van der Waals surface area contributed by atoms with Gasteiger partial charge in [0.15, 0.2) is 5.11 Å². The average Bonchev–Trinajstić information content (AvgIpc) is 2.61. The summed E-state index contributed by atoms with van der Waals surface area (Å²) < 4.78 is 5.30. The maximum absolute atomic E-state index is 13.1. The Bertz CT molecular complexity index is 946. The number of hydrogen-bond acceptors (Lipinski definition) is 3. The van der Waals surface area contributed by atoms with Crippen LogP contribution in [0.3, 0.4) is 0 Å². The van der Waals surface area contributed by atoms with E-state index < -0.39 is 6.04 Å². The predicted octanol–water partition coefficient (Wildman–Crippen LogP) is 4.43. The molecule has 2 aromatic carbocycles. The molecule has 3 rings (SSSR count). The van der Waals surface area contributed by atoms with Crippen molar-refractivity contribution in [1.29, 1.82) is 0 Å². The Labute approximate surface area is 172 Å². The molecule has 0 unspecified atom stereocenters. The molecule has 0 aliphatic carbocycles. The van der Waals surface area contributed by atoms with E-state index in [-0.39, 0.29) is 5.91 Å². The molecule has 1 atom stereocenters.